The Morgan fingerprint density at radius 2 is 0.279 bits per heavy atom. The van der Waals surface area contributed by atoms with Gasteiger partial charge >= 0.3 is 332 Å². The predicted molar refractivity (Wildman–Crippen MR) is 192 cm³/mol. The first-order valence-electron chi connectivity index (χ1n) is 17.1. The van der Waals surface area contributed by atoms with E-state index in [1.807, 2.05) is 0 Å². The Bertz CT molecular complexity index is 2040. The van der Waals surface area contributed by atoms with E-state index in [1.54, 1.807) is 0 Å². The van der Waals surface area contributed by atoms with Crippen molar-refractivity contribution in [2.24, 2.45) is 0 Å². The standard InChI is InChI=1S/C42H24F18Te/c43-37(44,45)25-1-13-31(14-2-25)61(32-15-3-26(4-16-32)38(46,47)48,33-17-5-27(6-18-33)39(49,50)51,34-19-7-28(8-20-34)40(52,53)54,35-21-9-29(10-22-35)41(55,56)57)36-23-11-30(12-24-36)42(58,59)60/h1-24H. The molecule has 0 radical (unpaired) electrons. The molecule has 0 nitrogen and oxygen atoms in total. The van der Waals surface area contributed by atoms with Crippen LogP contribution in [0.4, 0.5) is 79.0 Å². The van der Waals surface area contributed by atoms with Gasteiger partial charge in [0.25, 0.3) is 0 Å². The first-order valence-corrected chi connectivity index (χ1v) is 24.0. The topological polar surface area (TPSA) is 0 Å². The van der Waals surface area contributed by atoms with Gasteiger partial charge in [0.1, 0.15) is 0 Å². The van der Waals surface area contributed by atoms with Gasteiger partial charge in [-0.05, 0) is 0 Å². The van der Waals surface area contributed by atoms with Crippen LogP contribution in [0.3, 0.4) is 0 Å². The summed E-state index contributed by atoms with van der Waals surface area (Å²) in [6, 6.07) is 13.7. The molecule has 61 heavy (non-hydrogen) atoms. The number of alkyl halides is 18. The monoisotopic (exact) mass is 1000 g/mol. The molecule has 0 aliphatic carbocycles. The number of hydrogen-bond acceptors (Lipinski definition) is 0. The van der Waals surface area contributed by atoms with Gasteiger partial charge in [0.05, 0.1) is 0 Å². The zero-order chi connectivity index (χ0) is 45.3. The van der Waals surface area contributed by atoms with Gasteiger partial charge in [0.2, 0.25) is 0 Å². The second-order valence-electron chi connectivity index (χ2n) is 13.7. The molecule has 0 aliphatic heterocycles. The molecule has 0 fully saturated rings. The molecule has 324 valence electrons. The van der Waals surface area contributed by atoms with Crippen LogP contribution in [0.25, 0.3) is 0 Å². The Morgan fingerprint density at radius 3 is 0.361 bits per heavy atom. The summed E-state index contributed by atoms with van der Waals surface area (Å²) < 4.78 is 254. The molecule has 6 rings (SSSR count). The molecule has 0 saturated heterocycles. The Kier molecular flexibility index (Phi) is 10.6. The van der Waals surface area contributed by atoms with E-state index in [0.717, 1.165) is 72.8 Å². The fraction of sp³-hybridized carbons (Fsp3) is 0.143. The molecule has 0 heterocycles. The molecule has 0 unspecified atom stereocenters. The molecular formula is C42H24F18Te. The Morgan fingerprint density at radius 1 is 0.180 bits per heavy atom. The van der Waals surface area contributed by atoms with Crippen molar-refractivity contribution in [3.8, 4) is 0 Å². The van der Waals surface area contributed by atoms with Crippen molar-refractivity contribution in [3.05, 3.63) is 179 Å². The number of halogens is 18. The molecule has 0 amide bonds. The van der Waals surface area contributed by atoms with Gasteiger partial charge in [-0.25, -0.2) is 0 Å². The maximum absolute atomic E-state index is 14.3. The van der Waals surface area contributed by atoms with Gasteiger partial charge in [-0.1, -0.05) is 0 Å². The van der Waals surface area contributed by atoms with Crippen LogP contribution in [0.2, 0.25) is 0 Å². The van der Waals surface area contributed by atoms with Crippen molar-refractivity contribution < 1.29 is 79.0 Å². The fourth-order valence-electron chi connectivity index (χ4n) is 7.95. The van der Waals surface area contributed by atoms with E-state index >= 15 is 0 Å². The molecule has 0 atom stereocenters. The van der Waals surface area contributed by atoms with Crippen molar-refractivity contribution in [2.45, 2.75) is 37.1 Å². The fourth-order valence-corrected chi connectivity index (χ4v) is 33.6. The third-order valence-corrected chi connectivity index (χ3v) is 35.5. The SMILES string of the molecule is FC(F)(F)c1ccc([Te](c2ccc(C(F)(F)F)cc2)(c2ccc(C(F)(F)F)cc2)(c2ccc(C(F)(F)F)cc2)(c2ccc(C(F)(F)F)cc2)c2ccc(C(F)(F)F)cc2)cc1. The third-order valence-electron chi connectivity index (χ3n) is 10.6. The second kappa shape index (κ2) is 14.2. The zero-order valence-corrected chi connectivity index (χ0v) is 32.4. The summed E-state index contributed by atoms with van der Waals surface area (Å²) in [5, 5.41) is 0. The van der Waals surface area contributed by atoms with Crippen LogP contribution in [-0.4, -0.2) is 15.4 Å². The van der Waals surface area contributed by atoms with E-state index < -0.39 is 108 Å². The zero-order valence-electron chi connectivity index (χ0n) is 30.1. The first kappa shape index (κ1) is 45.4. The van der Waals surface area contributed by atoms with Gasteiger partial charge in [0.15, 0.2) is 0 Å². The summed E-state index contributed by atoms with van der Waals surface area (Å²) in [5.74, 6) is 0. The number of rotatable bonds is 6. The Labute approximate surface area is 331 Å². The Balaban J connectivity index is 2.11. The average Bonchev–Trinajstić information content (AvgIpc) is 3.18. The summed E-state index contributed by atoms with van der Waals surface area (Å²) in [7, 11) is 0. The molecule has 6 aromatic carbocycles. The number of benzene rings is 6. The molecule has 6 aromatic rings. The van der Waals surface area contributed by atoms with Crippen LogP contribution in [0.5, 0.6) is 0 Å². The van der Waals surface area contributed by atoms with Gasteiger partial charge in [-0.15, -0.1) is 0 Å². The van der Waals surface area contributed by atoms with Gasteiger partial charge in [-0.2, -0.15) is 0 Å². The predicted octanol–water partition coefficient (Wildman–Crippen LogP) is 10.9. The van der Waals surface area contributed by atoms with Crippen LogP contribution in [0.1, 0.15) is 33.4 Å². The van der Waals surface area contributed by atoms with E-state index in [-0.39, 0.29) is 0 Å². The minimum absolute atomic E-state index is 0.422. The van der Waals surface area contributed by atoms with Crippen molar-refractivity contribution >= 4 is 37.1 Å². The molecule has 0 saturated carbocycles. The molecule has 0 aliphatic rings. The van der Waals surface area contributed by atoms with Crippen LogP contribution in [0, 0.1) is 0 Å². The summed E-state index contributed by atoms with van der Waals surface area (Å²) in [4.78, 5) is 0. The third kappa shape index (κ3) is 6.73. The minimum atomic E-state index is -8.46. The van der Waals surface area contributed by atoms with E-state index in [0.29, 0.717) is 72.8 Å². The molecule has 0 bridgehead atoms. The van der Waals surface area contributed by atoms with Gasteiger partial charge < -0.3 is 0 Å². The molecular weight excluding hydrogens is 974 g/mol. The Hall–Kier alpha value is -5.15. The summed E-state index contributed by atoms with van der Waals surface area (Å²) >= 11 is -8.46. The van der Waals surface area contributed by atoms with Crippen molar-refractivity contribution in [2.75, 3.05) is 0 Å². The summed E-state index contributed by atoms with van der Waals surface area (Å²) in [6.07, 6.45) is -30.9. The van der Waals surface area contributed by atoms with E-state index in [4.69, 9.17) is 0 Å². The summed E-state index contributed by atoms with van der Waals surface area (Å²) in [5.41, 5.74) is -8.47. The van der Waals surface area contributed by atoms with Crippen LogP contribution in [0.15, 0.2) is 146 Å². The second-order valence-corrected chi connectivity index (χ2v) is 30.5. The van der Waals surface area contributed by atoms with Crippen molar-refractivity contribution in [1.29, 1.82) is 0 Å². The molecule has 0 N–H and O–H groups in total. The van der Waals surface area contributed by atoms with E-state index in [9.17, 15) is 79.0 Å². The van der Waals surface area contributed by atoms with Crippen molar-refractivity contribution in [3.63, 3.8) is 0 Å². The average molecular weight is 998 g/mol. The van der Waals surface area contributed by atoms with Crippen LogP contribution < -0.4 is 21.7 Å². The molecule has 19 heteroatoms. The summed E-state index contributed by atoms with van der Waals surface area (Å²) in [6.45, 7) is 0. The van der Waals surface area contributed by atoms with E-state index in [2.05, 4.69) is 0 Å². The van der Waals surface area contributed by atoms with Crippen LogP contribution >= 0.6 is 0 Å². The van der Waals surface area contributed by atoms with Crippen LogP contribution in [-0.2, 0) is 37.1 Å². The molecule has 0 spiro atoms. The van der Waals surface area contributed by atoms with E-state index in [1.165, 1.54) is 0 Å². The normalized spacial score (nSPS) is 14.7. The van der Waals surface area contributed by atoms with Gasteiger partial charge in [-0.3, -0.25) is 0 Å². The van der Waals surface area contributed by atoms with Gasteiger partial charge in [0, 0.05) is 0 Å². The number of hydrogen-bond donors (Lipinski definition) is 0. The maximum atomic E-state index is 14.3. The quantitative estimate of drug-likeness (QED) is 0.115. The first-order chi connectivity index (χ1) is 27.9. The molecule has 0 aromatic heterocycles. The van der Waals surface area contributed by atoms with Crippen molar-refractivity contribution in [1.82, 2.24) is 0 Å².